The zero-order valence-corrected chi connectivity index (χ0v) is 7.59. The summed E-state index contributed by atoms with van der Waals surface area (Å²) in [4.78, 5) is 0. The molecule has 0 radical (unpaired) electrons. The van der Waals surface area contributed by atoms with Crippen LogP contribution in [0.25, 0.3) is 0 Å². The molecule has 0 N–H and O–H groups in total. The van der Waals surface area contributed by atoms with Crippen LogP contribution in [0.3, 0.4) is 0 Å². The lowest BCUT2D eigenvalue weighted by Gasteiger charge is -2.11. The summed E-state index contributed by atoms with van der Waals surface area (Å²) in [7, 11) is 0. The summed E-state index contributed by atoms with van der Waals surface area (Å²) in [6.45, 7) is 6.14. The summed E-state index contributed by atoms with van der Waals surface area (Å²) in [5, 5.41) is 12.2. The maximum Gasteiger partial charge on any atom is 0.142 e. The van der Waals surface area contributed by atoms with E-state index in [1.807, 2.05) is 32.9 Å². The number of rotatable bonds is 1. The molecule has 1 aromatic heterocycles. The zero-order valence-electron chi connectivity index (χ0n) is 7.59. The highest BCUT2D eigenvalue weighted by molar-refractivity contribution is 5.15. The number of aromatic nitrogens is 1. The molecule has 0 aliphatic rings. The average Bonchev–Trinajstić information content (AvgIpc) is 2.35. The molecular formula is C9H12N2O. The highest BCUT2D eigenvalue weighted by Gasteiger charge is 2.19. The van der Waals surface area contributed by atoms with E-state index in [0.29, 0.717) is 12.1 Å². The lowest BCUT2D eigenvalue weighted by Crippen LogP contribution is -2.09. The summed E-state index contributed by atoms with van der Waals surface area (Å²) in [5.74, 6) is 0.827. The van der Waals surface area contributed by atoms with Gasteiger partial charge in [0.1, 0.15) is 5.76 Å². The van der Waals surface area contributed by atoms with Crippen LogP contribution in [0.5, 0.6) is 0 Å². The monoisotopic (exact) mass is 164 g/mol. The molecule has 3 heteroatoms. The van der Waals surface area contributed by atoms with Crippen LogP contribution < -0.4 is 0 Å². The van der Waals surface area contributed by atoms with Crippen molar-refractivity contribution in [3.63, 3.8) is 0 Å². The smallest absolute Gasteiger partial charge is 0.142 e. The first-order chi connectivity index (χ1) is 5.54. The van der Waals surface area contributed by atoms with Gasteiger partial charge in [-0.3, -0.25) is 0 Å². The van der Waals surface area contributed by atoms with E-state index in [1.165, 1.54) is 0 Å². The van der Waals surface area contributed by atoms with Crippen molar-refractivity contribution in [3.8, 4) is 6.07 Å². The van der Waals surface area contributed by atoms with Gasteiger partial charge in [0.25, 0.3) is 0 Å². The molecule has 1 aromatic rings. The Morgan fingerprint density at radius 3 is 2.67 bits per heavy atom. The molecule has 0 fully saturated rings. The van der Waals surface area contributed by atoms with Gasteiger partial charge in [-0.05, 0) is 0 Å². The molecule has 12 heavy (non-hydrogen) atoms. The third kappa shape index (κ3) is 1.85. The highest BCUT2D eigenvalue weighted by atomic mass is 16.5. The van der Waals surface area contributed by atoms with Crippen molar-refractivity contribution < 1.29 is 4.52 Å². The SMILES string of the molecule is CC(C)(C)c1cc(CC#N)no1. The minimum Gasteiger partial charge on any atom is -0.361 e. The fourth-order valence-electron chi connectivity index (χ4n) is 0.830. The quantitative estimate of drug-likeness (QED) is 0.638. The van der Waals surface area contributed by atoms with Gasteiger partial charge in [-0.1, -0.05) is 25.9 Å². The fourth-order valence-corrected chi connectivity index (χ4v) is 0.830. The van der Waals surface area contributed by atoms with E-state index in [4.69, 9.17) is 9.78 Å². The van der Waals surface area contributed by atoms with E-state index >= 15 is 0 Å². The number of hydrogen-bond acceptors (Lipinski definition) is 3. The molecule has 0 saturated carbocycles. The normalized spacial score (nSPS) is 11.2. The zero-order chi connectivity index (χ0) is 9.19. The molecular weight excluding hydrogens is 152 g/mol. The van der Waals surface area contributed by atoms with E-state index in [1.54, 1.807) is 0 Å². The molecule has 1 rings (SSSR count). The first-order valence-corrected chi connectivity index (χ1v) is 3.87. The summed E-state index contributed by atoms with van der Waals surface area (Å²) in [6.07, 6.45) is 0.319. The van der Waals surface area contributed by atoms with Crippen LogP contribution in [0.15, 0.2) is 10.6 Å². The van der Waals surface area contributed by atoms with Crippen LogP contribution in [0.1, 0.15) is 32.2 Å². The van der Waals surface area contributed by atoms with Gasteiger partial charge >= 0.3 is 0 Å². The Labute approximate surface area is 72.0 Å². The molecule has 0 aromatic carbocycles. The second kappa shape index (κ2) is 2.98. The predicted molar refractivity (Wildman–Crippen MR) is 44.5 cm³/mol. The molecule has 0 amide bonds. The van der Waals surface area contributed by atoms with Crippen LogP contribution >= 0.6 is 0 Å². The predicted octanol–water partition coefficient (Wildman–Crippen LogP) is 2.04. The van der Waals surface area contributed by atoms with Gasteiger partial charge in [0.05, 0.1) is 18.2 Å². The van der Waals surface area contributed by atoms with Gasteiger partial charge in [0.2, 0.25) is 0 Å². The number of hydrogen-bond donors (Lipinski definition) is 0. The number of nitriles is 1. The van der Waals surface area contributed by atoms with Crippen LogP contribution in [-0.4, -0.2) is 5.16 Å². The Hall–Kier alpha value is -1.30. The third-order valence-electron chi connectivity index (χ3n) is 1.56. The average molecular weight is 164 g/mol. The summed E-state index contributed by atoms with van der Waals surface area (Å²) in [6, 6.07) is 3.86. The van der Waals surface area contributed by atoms with E-state index in [9.17, 15) is 0 Å². The molecule has 3 nitrogen and oxygen atoms in total. The molecule has 0 aliphatic heterocycles. The van der Waals surface area contributed by atoms with Gasteiger partial charge in [-0.2, -0.15) is 5.26 Å². The van der Waals surface area contributed by atoms with E-state index in [-0.39, 0.29) is 5.41 Å². The van der Waals surface area contributed by atoms with Crippen LogP contribution in [0.2, 0.25) is 0 Å². The van der Waals surface area contributed by atoms with E-state index in [0.717, 1.165) is 5.76 Å². The second-order valence-electron chi connectivity index (χ2n) is 3.77. The van der Waals surface area contributed by atoms with Crippen molar-refractivity contribution in [1.29, 1.82) is 5.26 Å². The molecule has 0 bridgehead atoms. The van der Waals surface area contributed by atoms with Gasteiger partial charge in [-0.25, -0.2) is 0 Å². The Kier molecular flexibility index (Phi) is 2.18. The van der Waals surface area contributed by atoms with Crippen molar-refractivity contribution in [2.75, 3.05) is 0 Å². The maximum atomic E-state index is 8.40. The van der Waals surface area contributed by atoms with Crippen molar-refractivity contribution in [1.82, 2.24) is 5.16 Å². The Morgan fingerprint density at radius 1 is 1.58 bits per heavy atom. The number of nitrogens with zero attached hydrogens (tertiary/aromatic N) is 2. The van der Waals surface area contributed by atoms with Gasteiger partial charge in [0, 0.05) is 11.5 Å². The minimum absolute atomic E-state index is 0.0271. The van der Waals surface area contributed by atoms with Crippen molar-refractivity contribution in [2.45, 2.75) is 32.6 Å². The molecule has 0 unspecified atom stereocenters. The van der Waals surface area contributed by atoms with Crippen molar-refractivity contribution >= 4 is 0 Å². The Bertz CT molecular complexity index is 301. The Balaban J connectivity index is 2.86. The van der Waals surface area contributed by atoms with Crippen molar-refractivity contribution in [3.05, 3.63) is 17.5 Å². The van der Waals surface area contributed by atoms with E-state index < -0.39 is 0 Å². The molecule has 0 atom stereocenters. The van der Waals surface area contributed by atoms with Crippen LogP contribution in [0, 0.1) is 11.3 Å². The second-order valence-corrected chi connectivity index (χ2v) is 3.77. The van der Waals surface area contributed by atoms with Gasteiger partial charge in [0.15, 0.2) is 0 Å². The van der Waals surface area contributed by atoms with Crippen LogP contribution in [0.4, 0.5) is 0 Å². The maximum absolute atomic E-state index is 8.40. The topological polar surface area (TPSA) is 49.8 Å². The molecule has 64 valence electrons. The molecule has 0 saturated heterocycles. The lowest BCUT2D eigenvalue weighted by atomic mass is 9.93. The summed E-state index contributed by atoms with van der Waals surface area (Å²) in [5.41, 5.74) is 0.684. The van der Waals surface area contributed by atoms with Crippen LogP contribution in [-0.2, 0) is 11.8 Å². The third-order valence-corrected chi connectivity index (χ3v) is 1.56. The molecule has 1 heterocycles. The minimum atomic E-state index is -0.0271. The first kappa shape index (κ1) is 8.79. The largest absolute Gasteiger partial charge is 0.361 e. The van der Waals surface area contributed by atoms with E-state index in [2.05, 4.69) is 5.16 Å². The van der Waals surface area contributed by atoms with Gasteiger partial charge < -0.3 is 4.52 Å². The standard InChI is InChI=1S/C9H12N2O/c1-9(2,3)8-6-7(4-5-10)11-12-8/h6H,4H2,1-3H3. The fraction of sp³-hybridized carbons (Fsp3) is 0.556. The molecule has 0 spiro atoms. The highest BCUT2D eigenvalue weighted by Crippen LogP contribution is 2.22. The van der Waals surface area contributed by atoms with Crippen molar-refractivity contribution in [2.24, 2.45) is 0 Å². The summed E-state index contributed by atoms with van der Waals surface area (Å²) >= 11 is 0. The Morgan fingerprint density at radius 2 is 2.25 bits per heavy atom. The summed E-state index contributed by atoms with van der Waals surface area (Å²) < 4.78 is 5.08. The lowest BCUT2D eigenvalue weighted by molar-refractivity contribution is 0.326. The van der Waals surface area contributed by atoms with Gasteiger partial charge in [-0.15, -0.1) is 0 Å². The molecule has 0 aliphatic carbocycles. The first-order valence-electron chi connectivity index (χ1n) is 3.87.